The molecule has 0 spiro atoms. The van der Waals surface area contributed by atoms with Crippen molar-refractivity contribution in [1.82, 2.24) is 5.32 Å². The highest BCUT2D eigenvalue weighted by molar-refractivity contribution is 7.91. The number of phosphoric ester groups is 1. The Morgan fingerprint density at radius 3 is 2.48 bits per heavy atom. The van der Waals surface area contributed by atoms with Crippen molar-refractivity contribution in [3.63, 3.8) is 0 Å². The minimum Gasteiger partial charge on any atom is -0.356 e. The van der Waals surface area contributed by atoms with Crippen LogP contribution in [0.25, 0.3) is 0 Å². The molecule has 1 fully saturated rings. The average molecular weight is 447 g/mol. The number of amides is 1. The van der Waals surface area contributed by atoms with Gasteiger partial charge in [-0.2, -0.15) is 0 Å². The number of hydrogen-bond acceptors (Lipinski definition) is 5. The van der Waals surface area contributed by atoms with Crippen LogP contribution in [-0.2, 0) is 30.1 Å². The lowest BCUT2D eigenvalue weighted by Gasteiger charge is -2.19. The number of aryl methyl sites for hydroxylation is 1. The van der Waals surface area contributed by atoms with Crippen LogP contribution in [0.2, 0.25) is 0 Å². The fourth-order valence-corrected chi connectivity index (χ4v) is 6.27. The van der Waals surface area contributed by atoms with Crippen LogP contribution in [0.5, 0.6) is 0 Å². The monoisotopic (exact) mass is 447 g/mol. The van der Waals surface area contributed by atoms with E-state index >= 15 is 0 Å². The maximum absolute atomic E-state index is 12.4. The zero-order valence-electron chi connectivity index (χ0n) is 16.4. The Hall–Kier alpha value is -1.25. The van der Waals surface area contributed by atoms with E-state index in [0.29, 0.717) is 6.42 Å². The van der Waals surface area contributed by atoms with Gasteiger partial charge in [-0.1, -0.05) is 43.2 Å². The van der Waals surface area contributed by atoms with E-state index in [1.165, 1.54) is 0 Å². The molecule has 1 atom stereocenters. The summed E-state index contributed by atoms with van der Waals surface area (Å²) < 4.78 is 40.7. The smallest absolute Gasteiger partial charge is 0.356 e. The van der Waals surface area contributed by atoms with E-state index < -0.39 is 29.5 Å². The first-order chi connectivity index (χ1) is 13.6. The third-order valence-corrected chi connectivity index (χ3v) is 7.39. The van der Waals surface area contributed by atoms with Crippen LogP contribution in [0, 0.1) is 5.92 Å². The number of phosphoric acid groups is 1. The molecule has 0 aromatic heterocycles. The fraction of sp³-hybridized carbons (Fsp3) is 0.632. The Balaban J connectivity index is 1.81. The number of rotatable bonds is 12. The Morgan fingerprint density at radius 2 is 1.86 bits per heavy atom. The van der Waals surface area contributed by atoms with Gasteiger partial charge in [0, 0.05) is 13.0 Å². The molecule has 1 aliphatic carbocycles. The lowest BCUT2D eigenvalue weighted by molar-refractivity contribution is -0.121. The summed E-state index contributed by atoms with van der Waals surface area (Å²) in [5.41, 5.74) is 1.03. The summed E-state index contributed by atoms with van der Waals surface area (Å²) in [5, 5.41) is 2.66. The second-order valence-corrected chi connectivity index (χ2v) is 10.9. The van der Waals surface area contributed by atoms with E-state index in [4.69, 9.17) is 9.79 Å². The molecule has 1 saturated carbocycles. The van der Waals surface area contributed by atoms with Gasteiger partial charge in [0.1, 0.15) is 0 Å². The second kappa shape index (κ2) is 11.2. The summed E-state index contributed by atoms with van der Waals surface area (Å²) >= 11 is 0. The molecular weight excluding hydrogens is 417 g/mol. The number of carbonyl (C=O) groups excluding carboxylic acids is 1. The molecule has 10 heteroatoms. The lowest BCUT2D eigenvalue weighted by Crippen LogP contribution is -2.32. The van der Waals surface area contributed by atoms with Crippen molar-refractivity contribution in [2.75, 3.05) is 18.1 Å². The Labute approximate surface area is 172 Å². The van der Waals surface area contributed by atoms with Crippen molar-refractivity contribution in [1.29, 1.82) is 0 Å². The first-order valence-corrected chi connectivity index (χ1v) is 13.2. The first kappa shape index (κ1) is 24.0. The molecule has 3 N–H and O–H groups in total. The maximum Gasteiger partial charge on any atom is 0.469 e. The van der Waals surface area contributed by atoms with Gasteiger partial charge in [-0.15, -0.1) is 0 Å². The summed E-state index contributed by atoms with van der Waals surface area (Å²) in [7, 11) is -8.35. The Bertz CT molecular complexity index is 788. The van der Waals surface area contributed by atoms with Gasteiger partial charge in [0.25, 0.3) is 0 Å². The summed E-state index contributed by atoms with van der Waals surface area (Å²) in [6, 6.07) is 9.52. The molecule has 1 amide bonds. The lowest BCUT2D eigenvalue weighted by atomic mass is 10.1. The molecule has 2 rings (SSSR count). The summed E-state index contributed by atoms with van der Waals surface area (Å²) in [6.45, 7) is 0.0806. The predicted octanol–water partition coefficient (Wildman–Crippen LogP) is 2.21. The molecule has 1 aliphatic rings. The van der Waals surface area contributed by atoms with Gasteiger partial charge in [-0.3, -0.25) is 9.32 Å². The van der Waals surface area contributed by atoms with Crippen LogP contribution >= 0.6 is 7.82 Å². The van der Waals surface area contributed by atoms with Gasteiger partial charge < -0.3 is 15.1 Å². The molecular formula is C19H30NO7PS. The number of benzene rings is 1. The van der Waals surface area contributed by atoms with Crippen LogP contribution < -0.4 is 5.32 Å². The summed E-state index contributed by atoms with van der Waals surface area (Å²) in [4.78, 5) is 30.2. The largest absolute Gasteiger partial charge is 0.469 e. The minimum atomic E-state index is -4.84. The van der Waals surface area contributed by atoms with E-state index in [1.54, 1.807) is 0 Å². The van der Waals surface area contributed by atoms with Crippen molar-refractivity contribution in [3.05, 3.63) is 35.9 Å². The molecule has 0 aliphatic heterocycles. The molecule has 1 unspecified atom stereocenters. The molecule has 0 radical (unpaired) electrons. The molecule has 164 valence electrons. The maximum atomic E-state index is 12.4. The Kier molecular flexibility index (Phi) is 9.30. The fourth-order valence-electron chi connectivity index (χ4n) is 3.61. The number of nitrogens with one attached hydrogen (secondary N) is 1. The third-order valence-electron chi connectivity index (χ3n) is 4.96. The van der Waals surface area contributed by atoms with Crippen molar-refractivity contribution in [2.45, 2.75) is 51.0 Å². The molecule has 0 saturated heterocycles. The summed E-state index contributed by atoms with van der Waals surface area (Å²) in [5.74, 6) is -0.558. The SMILES string of the molecule is O=C(CCc1ccccc1)NCCC(CS(=O)(=O)CC1CCCC1)OP(=O)(O)O. The van der Waals surface area contributed by atoms with Gasteiger partial charge in [0.15, 0.2) is 9.84 Å². The van der Waals surface area contributed by atoms with Crippen LogP contribution in [0.15, 0.2) is 30.3 Å². The van der Waals surface area contributed by atoms with Crippen molar-refractivity contribution < 1.29 is 32.1 Å². The third kappa shape index (κ3) is 10.4. The van der Waals surface area contributed by atoms with Gasteiger partial charge in [-0.05, 0) is 37.2 Å². The minimum absolute atomic E-state index is 0.00604. The zero-order chi connectivity index (χ0) is 21.3. The van der Waals surface area contributed by atoms with E-state index in [1.807, 2.05) is 30.3 Å². The molecule has 29 heavy (non-hydrogen) atoms. The molecule has 1 aromatic carbocycles. The van der Waals surface area contributed by atoms with Crippen molar-refractivity contribution in [2.24, 2.45) is 5.92 Å². The van der Waals surface area contributed by atoms with E-state index in [-0.39, 0.29) is 37.0 Å². The number of sulfone groups is 1. The van der Waals surface area contributed by atoms with Gasteiger partial charge in [-0.25, -0.2) is 13.0 Å². The molecule has 8 nitrogen and oxygen atoms in total. The molecule has 0 heterocycles. The van der Waals surface area contributed by atoms with Crippen LogP contribution in [-0.4, -0.2) is 48.3 Å². The van der Waals surface area contributed by atoms with E-state index in [9.17, 15) is 17.8 Å². The van der Waals surface area contributed by atoms with E-state index in [2.05, 4.69) is 9.84 Å². The molecule has 0 bridgehead atoms. The molecule has 1 aromatic rings. The van der Waals surface area contributed by atoms with Crippen LogP contribution in [0.4, 0.5) is 0 Å². The van der Waals surface area contributed by atoms with Crippen LogP contribution in [0.1, 0.15) is 44.1 Å². The standard InChI is InChI=1S/C19H30NO7PS/c21-19(11-10-16-6-2-1-3-7-16)20-13-12-18(27-28(22,23)24)15-29(25,26)14-17-8-4-5-9-17/h1-3,6-7,17-18H,4-5,8-15H2,(H,20,21)(H2,22,23,24). The zero-order valence-corrected chi connectivity index (χ0v) is 18.1. The highest BCUT2D eigenvalue weighted by atomic mass is 32.2. The normalized spacial score (nSPS) is 16.6. The van der Waals surface area contributed by atoms with Gasteiger partial charge >= 0.3 is 7.82 Å². The second-order valence-electron chi connectivity index (χ2n) is 7.57. The van der Waals surface area contributed by atoms with E-state index in [0.717, 1.165) is 31.2 Å². The predicted molar refractivity (Wildman–Crippen MR) is 110 cm³/mol. The van der Waals surface area contributed by atoms with Gasteiger partial charge in [0.2, 0.25) is 5.91 Å². The average Bonchev–Trinajstić information content (AvgIpc) is 3.11. The summed E-state index contributed by atoms with van der Waals surface area (Å²) in [6.07, 6.45) is 3.43. The first-order valence-electron chi connectivity index (χ1n) is 9.88. The highest BCUT2D eigenvalue weighted by Gasteiger charge is 2.29. The van der Waals surface area contributed by atoms with Gasteiger partial charge in [0.05, 0.1) is 17.6 Å². The highest BCUT2D eigenvalue weighted by Crippen LogP contribution is 2.38. The van der Waals surface area contributed by atoms with Crippen molar-refractivity contribution >= 4 is 23.6 Å². The topological polar surface area (TPSA) is 130 Å². The number of hydrogen-bond donors (Lipinski definition) is 3. The van der Waals surface area contributed by atoms with Crippen molar-refractivity contribution in [3.8, 4) is 0 Å². The quantitative estimate of drug-likeness (QED) is 0.419. The Morgan fingerprint density at radius 1 is 1.21 bits per heavy atom. The van der Waals surface area contributed by atoms with Crippen LogP contribution in [0.3, 0.4) is 0 Å². The number of carbonyl (C=O) groups is 1.